The van der Waals surface area contributed by atoms with Crippen molar-refractivity contribution in [3.8, 4) is 22.3 Å². The molecule has 93 heavy (non-hydrogen) atoms. The van der Waals surface area contributed by atoms with E-state index in [1.54, 1.807) is 0 Å². The van der Waals surface area contributed by atoms with Crippen molar-refractivity contribution >= 4 is 39.8 Å². The number of hydrogen-bond donors (Lipinski definition) is 4. The van der Waals surface area contributed by atoms with Crippen molar-refractivity contribution in [3.05, 3.63) is 424 Å². The van der Waals surface area contributed by atoms with E-state index in [0.29, 0.717) is 0 Å². The molecule has 5 aliphatic rings. The molecular weight excluding hydrogens is 1130 g/mol. The minimum atomic E-state index is -0.816. The van der Waals surface area contributed by atoms with E-state index in [-0.39, 0.29) is 18.2 Å². The number of quaternary nitrogens is 2. The summed E-state index contributed by atoms with van der Waals surface area (Å²) in [5.74, 6) is 0. The molecule has 2 aliphatic carbocycles. The quantitative estimate of drug-likeness (QED) is 0.0986. The van der Waals surface area contributed by atoms with Crippen LogP contribution in [0, 0.1) is 0 Å². The molecule has 13 aromatic rings. The second-order valence-electron chi connectivity index (χ2n) is 25.5. The summed E-state index contributed by atoms with van der Waals surface area (Å²) in [5.41, 5.74) is 28.7. The van der Waals surface area contributed by atoms with Crippen LogP contribution in [0.2, 0.25) is 0 Å². The van der Waals surface area contributed by atoms with Crippen molar-refractivity contribution in [3.63, 3.8) is 0 Å². The van der Waals surface area contributed by atoms with Gasteiger partial charge in [-0.2, -0.15) is 0 Å². The topological polar surface area (TPSA) is 48.4 Å². The minimum absolute atomic E-state index is 0.0818. The van der Waals surface area contributed by atoms with Gasteiger partial charge in [-0.1, -0.05) is 267 Å². The maximum Gasteiger partial charge on any atom is 0.186 e. The van der Waals surface area contributed by atoms with Gasteiger partial charge in [0.15, 0.2) is 6.17 Å². The highest BCUT2D eigenvalue weighted by molar-refractivity contribution is 5.99. The third-order valence-corrected chi connectivity index (χ3v) is 20.6. The first kappa shape index (κ1) is 54.6. The molecule has 0 bridgehead atoms. The SMILES string of the molecule is C1=C(c2ccccc2)NC(c2ccc3c(c2)C2(c4ccccc4-3)c3ccccc3N(c3ccccc3)c3cc(C4(c5ccccc5)c5ccccc5-c5ccc(C[NH+]6C(c7ccccc7)=CC6c6ccccc6)cc54)c(Nc4ccccc4)cc32)[NH2+]C1c1ccccc1. The Morgan fingerprint density at radius 1 is 0.387 bits per heavy atom. The van der Waals surface area contributed by atoms with Crippen molar-refractivity contribution in [2.75, 3.05) is 10.2 Å². The van der Waals surface area contributed by atoms with E-state index in [4.69, 9.17) is 0 Å². The Balaban J connectivity index is 0.901. The summed E-state index contributed by atoms with van der Waals surface area (Å²) in [7, 11) is 0. The number of nitrogens with zero attached hydrogens (tertiary/aromatic N) is 1. The average Bonchev–Trinajstić information content (AvgIpc) is 1.58. The molecule has 5 heteroatoms. The molecule has 3 heterocycles. The molecule has 442 valence electrons. The lowest BCUT2D eigenvalue weighted by atomic mass is 9.62. The maximum absolute atomic E-state index is 4.25. The summed E-state index contributed by atoms with van der Waals surface area (Å²) >= 11 is 0. The van der Waals surface area contributed by atoms with Gasteiger partial charge in [0.05, 0.1) is 22.2 Å². The van der Waals surface area contributed by atoms with E-state index < -0.39 is 10.8 Å². The highest BCUT2D eigenvalue weighted by atomic mass is 15.2. The van der Waals surface area contributed by atoms with E-state index >= 15 is 0 Å². The number of nitrogens with two attached hydrogens (primary N) is 1. The zero-order valence-electron chi connectivity index (χ0n) is 51.4. The van der Waals surface area contributed by atoms with Crippen LogP contribution in [0.5, 0.6) is 0 Å². The summed E-state index contributed by atoms with van der Waals surface area (Å²) in [6.07, 6.45) is 4.77. The molecule has 18 rings (SSSR count). The zero-order chi connectivity index (χ0) is 61.5. The molecule has 0 fully saturated rings. The number of rotatable bonds is 12. The van der Waals surface area contributed by atoms with Crippen molar-refractivity contribution < 1.29 is 10.2 Å². The van der Waals surface area contributed by atoms with E-state index in [9.17, 15) is 0 Å². The van der Waals surface area contributed by atoms with Gasteiger partial charge in [-0.25, -0.2) is 0 Å². The van der Waals surface area contributed by atoms with E-state index in [1.165, 1.54) is 111 Å². The molecule has 6 unspecified atom stereocenters. The monoisotopic (exact) mass is 1190 g/mol. The molecule has 13 aromatic carbocycles. The van der Waals surface area contributed by atoms with Gasteiger partial charge in [-0.05, 0) is 139 Å². The fraction of sp³-hybridized carbons (Fsp3) is 0.0682. The molecule has 0 amide bonds. The number of para-hydroxylation sites is 3. The highest BCUT2D eigenvalue weighted by Gasteiger charge is 2.55. The summed E-state index contributed by atoms with van der Waals surface area (Å²) in [6.45, 7) is 0.806. The molecular formula is C88H67N5+2. The van der Waals surface area contributed by atoms with Crippen LogP contribution in [0.1, 0.15) is 96.1 Å². The van der Waals surface area contributed by atoms with Crippen molar-refractivity contribution in [1.29, 1.82) is 0 Å². The number of anilines is 5. The first-order valence-corrected chi connectivity index (χ1v) is 32.7. The number of benzene rings is 13. The smallest absolute Gasteiger partial charge is 0.186 e. The Morgan fingerprint density at radius 2 is 0.925 bits per heavy atom. The Labute approximate surface area is 544 Å². The van der Waals surface area contributed by atoms with Crippen LogP contribution in [0.25, 0.3) is 33.6 Å². The largest absolute Gasteiger partial charge is 0.355 e. The molecule has 5 N–H and O–H groups in total. The van der Waals surface area contributed by atoms with Crippen LogP contribution >= 0.6 is 0 Å². The summed E-state index contributed by atoms with van der Waals surface area (Å²) in [5, 5.41) is 10.8. The van der Waals surface area contributed by atoms with E-state index in [0.717, 1.165) is 40.7 Å². The van der Waals surface area contributed by atoms with Gasteiger partial charge < -0.3 is 20.9 Å². The lowest BCUT2D eigenvalue weighted by Crippen LogP contribution is -3.12. The molecule has 1 spiro atoms. The first-order valence-electron chi connectivity index (χ1n) is 32.7. The third kappa shape index (κ3) is 8.69. The predicted octanol–water partition coefficient (Wildman–Crippen LogP) is 18.1. The molecule has 5 nitrogen and oxygen atoms in total. The second kappa shape index (κ2) is 22.3. The molecule has 0 saturated heterocycles. The second-order valence-corrected chi connectivity index (χ2v) is 25.5. The van der Waals surface area contributed by atoms with Crippen molar-refractivity contribution in [1.82, 2.24) is 5.32 Å². The maximum atomic E-state index is 4.25. The number of fused-ring (bicyclic) bond motifs is 12. The third-order valence-electron chi connectivity index (χ3n) is 20.6. The molecule has 6 atom stereocenters. The summed E-state index contributed by atoms with van der Waals surface area (Å²) < 4.78 is 0. The molecule has 0 saturated carbocycles. The van der Waals surface area contributed by atoms with Crippen LogP contribution in [-0.4, -0.2) is 0 Å². The lowest BCUT2D eigenvalue weighted by molar-refractivity contribution is -0.884. The van der Waals surface area contributed by atoms with Crippen molar-refractivity contribution in [2.24, 2.45) is 0 Å². The van der Waals surface area contributed by atoms with Gasteiger partial charge in [0.25, 0.3) is 0 Å². The Morgan fingerprint density at radius 3 is 1.61 bits per heavy atom. The predicted molar refractivity (Wildman–Crippen MR) is 379 cm³/mol. The average molecular weight is 1190 g/mol. The minimum Gasteiger partial charge on any atom is -0.355 e. The van der Waals surface area contributed by atoms with E-state index in [2.05, 4.69) is 367 Å². The Hall–Kier alpha value is -11.3. The van der Waals surface area contributed by atoms with Crippen LogP contribution < -0.4 is 25.8 Å². The summed E-state index contributed by atoms with van der Waals surface area (Å²) in [6, 6.07) is 125. The normalized spacial score (nSPS) is 20.1. The van der Waals surface area contributed by atoms with Crippen LogP contribution in [0.15, 0.2) is 346 Å². The fourth-order valence-corrected chi connectivity index (χ4v) is 16.5. The fourth-order valence-electron chi connectivity index (χ4n) is 16.5. The molecule has 3 aliphatic heterocycles. The van der Waals surface area contributed by atoms with E-state index in [1.807, 2.05) is 0 Å². The first-order chi connectivity index (χ1) is 46.1. The van der Waals surface area contributed by atoms with Crippen LogP contribution in [0.4, 0.5) is 28.4 Å². The molecule has 0 aromatic heterocycles. The summed E-state index contributed by atoms with van der Waals surface area (Å²) in [4.78, 5) is 4.01. The van der Waals surface area contributed by atoms with Gasteiger partial charge in [-0.3, -0.25) is 4.90 Å². The van der Waals surface area contributed by atoms with Crippen molar-refractivity contribution in [2.45, 2.75) is 35.6 Å². The van der Waals surface area contributed by atoms with Gasteiger partial charge in [0, 0.05) is 62.7 Å². The van der Waals surface area contributed by atoms with Crippen LogP contribution in [-0.2, 0) is 17.4 Å². The molecule has 0 radical (unpaired) electrons. The highest BCUT2D eigenvalue weighted by Crippen LogP contribution is 2.66. The van der Waals surface area contributed by atoms with Gasteiger partial charge in [0.1, 0.15) is 24.3 Å². The van der Waals surface area contributed by atoms with Crippen LogP contribution in [0.3, 0.4) is 0 Å². The number of hydrogen-bond acceptors (Lipinski definition) is 3. The lowest BCUT2D eigenvalue weighted by Gasteiger charge is -2.46. The van der Waals surface area contributed by atoms with Gasteiger partial charge >= 0.3 is 0 Å². The zero-order valence-corrected chi connectivity index (χ0v) is 51.4. The standard InChI is InChI=1S/C88H65N5/c1-8-28-60(29-9-1)79-56-80(61-30-10-2-11-31-61)91-86(90-79)64-49-51-71-69-43-23-25-45-73(69)88(76(71)53-64)74-46-26-27-47-82(74)93(67-40-20-7-21-41-67)85-55-77(81(54-78(85)88)89-66-38-18-6-19-39-66)87(65-36-16-5-17-37-65)72-44-24-22-42-68(72)70-50-48-59(52-75(70)87)58-92-83(62-32-12-3-13-33-62)57-84(92)63-34-14-4-15-35-63/h1-57,79,83,86,89-91H,58H2/p+2. The van der Waals surface area contributed by atoms with Gasteiger partial charge in [-0.15, -0.1) is 0 Å². The number of nitrogens with one attached hydrogen (secondary N) is 3. The van der Waals surface area contributed by atoms with Gasteiger partial charge in [0.2, 0.25) is 0 Å². The Bertz CT molecular complexity index is 5050. The Kier molecular flexibility index (Phi) is 13.1.